The standard InChI is InChI=1S/C30H33NO4/c1-19(2)27(20-14-16-21(17-15-20)28(32)35-30(3,4)5)31-29(33)34-18-26-24-12-8-6-10-22(24)23-11-7-9-13-25(23)26/h6-17,19,26-27H,18H2,1-5H3,(H,31,33)/t27-/m0/s1. The van der Waals surface area contributed by atoms with Crippen LogP contribution in [-0.2, 0) is 9.47 Å². The monoisotopic (exact) mass is 471 g/mol. The van der Waals surface area contributed by atoms with Crippen LogP contribution in [0.3, 0.4) is 0 Å². The molecular weight excluding hydrogens is 438 g/mol. The van der Waals surface area contributed by atoms with E-state index in [1.165, 1.54) is 22.3 Å². The zero-order valence-electron chi connectivity index (χ0n) is 21.0. The summed E-state index contributed by atoms with van der Waals surface area (Å²) in [7, 11) is 0. The lowest BCUT2D eigenvalue weighted by Crippen LogP contribution is -2.33. The number of nitrogens with one attached hydrogen (secondary N) is 1. The Hall–Kier alpha value is -3.60. The van der Waals surface area contributed by atoms with Crippen molar-refractivity contribution < 1.29 is 19.1 Å². The molecule has 5 heteroatoms. The summed E-state index contributed by atoms with van der Waals surface area (Å²) in [5.74, 6) is -0.226. The van der Waals surface area contributed by atoms with Crippen molar-refractivity contribution in [2.45, 2.75) is 52.2 Å². The fourth-order valence-electron chi connectivity index (χ4n) is 4.57. The van der Waals surface area contributed by atoms with Gasteiger partial charge in [-0.05, 0) is 66.6 Å². The fourth-order valence-corrected chi connectivity index (χ4v) is 4.57. The van der Waals surface area contributed by atoms with Crippen molar-refractivity contribution in [3.8, 4) is 11.1 Å². The lowest BCUT2D eigenvalue weighted by atomic mass is 9.95. The SMILES string of the molecule is CC(C)[C@H](NC(=O)OCC1c2ccccc2-c2ccccc21)c1ccc(C(=O)OC(C)(C)C)cc1. The second-order valence-electron chi connectivity index (χ2n) is 10.3. The van der Waals surface area contributed by atoms with Crippen molar-refractivity contribution in [2.75, 3.05) is 6.61 Å². The Kier molecular flexibility index (Phi) is 6.97. The molecule has 1 aliphatic rings. The van der Waals surface area contributed by atoms with Gasteiger partial charge in [-0.3, -0.25) is 0 Å². The average Bonchev–Trinajstić information content (AvgIpc) is 3.14. The van der Waals surface area contributed by atoms with Gasteiger partial charge in [0.1, 0.15) is 12.2 Å². The number of carbonyl (C=O) groups excluding carboxylic acids is 2. The van der Waals surface area contributed by atoms with Gasteiger partial charge < -0.3 is 14.8 Å². The molecule has 0 heterocycles. The first-order chi connectivity index (χ1) is 16.6. The molecule has 0 bridgehead atoms. The third-order valence-corrected chi connectivity index (χ3v) is 6.19. The number of carbonyl (C=O) groups is 2. The molecule has 0 unspecified atom stereocenters. The molecule has 1 amide bonds. The van der Waals surface area contributed by atoms with Gasteiger partial charge in [-0.25, -0.2) is 9.59 Å². The van der Waals surface area contributed by atoms with Crippen LogP contribution >= 0.6 is 0 Å². The van der Waals surface area contributed by atoms with Crippen LogP contribution in [0.4, 0.5) is 4.79 Å². The Bertz CT molecular complexity index is 1160. The van der Waals surface area contributed by atoms with Gasteiger partial charge in [0.25, 0.3) is 0 Å². The molecule has 0 aliphatic heterocycles. The van der Waals surface area contributed by atoms with E-state index in [1.54, 1.807) is 12.1 Å². The minimum Gasteiger partial charge on any atom is -0.456 e. The number of esters is 1. The largest absolute Gasteiger partial charge is 0.456 e. The van der Waals surface area contributed by atoms with E-state index in [4.69, 9.17) is 9.47 Å². The van der Waals surface area contributed by atoms with Gasteiger partial charge in [-0.2, -0.15) is 0 Å². The lowest BCUT2D eigenvalue weighted by Gasteiger charge is -2.24. The molecule has 5 nitrogen and oxygen atoms in total. The third-order valence-electron chi connectivity index (χ3n) is 6.19. The molecule has 0 fully saturated rings. The number of hydrogen-bond donors (Lipinski definition) is 1. The predicted molar refractivity (Wildman–Crippen MR) is 137 cm³/mol. The summed E-state index contributed by atoms with van der Waals surface area (Å²) in [6.45, 7) is 9.86. The molecule has 1 atom stereocenters. The molecule has 1 aliphatic carbocycles. The molecule has 4 rings (SSSR count). The Morgan fingerprint density at radius 3 is 1.91 bits per heavy atom. The highest BCUT2D eigenvalue weighted by Gasteiger charge is 2.29. The zero-order chi connectivity index (χ0) is 25.2. The minimum atomic E-state index is -0.554. The number of alkyl carbamates (subject to hydrolysis) is 1. The molecule has 0 radical (unpaired) electrons. The van der Waals surface area contributed by atoms with Crippen LogP contribution in [0.25, 0.3) is 11.1 Å². The second kappa shape index (κ2) is 9.95. The van der Waals surface area contributed by atoms with Gasteiger partial charge in [-0.1, -0.05) is 74.5 Å². The molecule has 35 heavy (non-hydrogen) atoms. The van der Waals surface area contributed by atoms with Gasteiger partial charge in [0.15, 0.2) is 0 Å². The van der Waals surface area contributed by atoms with E-state index >= 15 is 0 Å². The summed E-state index contributed by atoms with van der Waals surface area (Å²) in [4.78, 5) is 25.2. The maximum Gasteiger partial charge on any atom is 0.407 e. The van der Waals surface area contributed by atoms with Gasteiger partial charge in [0.2, 0.25) is 0 Å². The van der Waals surface area contributed by atoms with E-state index < -0.39 is 11.7 Å². The van der Waals surface area contributed by atoms with E-state index in [-0.39, 0.29) is 30.5 Å². The topological polar surface area (TPSA) is 64.6 Å². The van der Waals surface area contributed by atoms with Gasteiger partial charge in [-0.15, -0.1) is 0 Å². The Labute approximate surface area is 207 Å². The molecular formula is C30H33NO4. The summed E-state index contributed by atoms with van der Waals surface area (Å²) in [5.41, 5.74) is 5.58. The lowest BCUT2D eigenvalue weighted by molar-refractivity contribution is 0.00694. The van der Waals surface area contributed by atoms with Crippen LogP contribution < -0.4 is 5.32 Å². The molecule has 0 spiro atoms. The molecule has 182 valence electrons. The summed E-state index contributed by atoms with van der Waals surface area (Å²) in [5, 5.41) is 3.01. The Morgan fingerprint density at radius 1 is 0.857 bits per heavy atom. The molecule has 3 aromatic rings. The van der Waals surface area contributed by atoms with E-state index in [2.05, 4.69) is 29.6 Å². The average molecular weight is 472 g/mol. The normalized spacial score (nSPS) is 13.7. The third kappa shape index (κ3) is 5.56. The maximum absolute atomic E-state index is 12.8. The fraction of sp³-hybridized carbons (Fsp3) is 0.333. The summed E-state index contributed by atoms with van der Waals surface area (Å²) >= 11 is 0. The molecule has 0 aromatic heterocycles. The highest BCUT2D eigenvalue weighted by atomic mass is 16.6. The summed E-state index contributed by atoms with van der Waals surface area (Å²) < 4.78 is 11.2. The van der Waals surface area contributed by atoms with Crippen molar-refractivity contribution in [3.63, 3.8) is 0 Å². The molecule has 0 saturated carbocycles. The second-order valence-corrected chi connectivity index (χ2v) is 10.3. The molecule has 0 saturated heterocycles. The van der Waals surface area contributed by atoms with E-state index in [0.717, 1.165) is 5.56 Å². The highest BCUT2D eigenvalue weighted by Crippen LogP contribution is 2.44. The summed E-state index contributed by atoms with van der Waals surface area (Å²) in [6, 6.07) is 23.5. The van der Waals surface area contributed by atoms with Crippen LogP contribution in [0.15, 0.2) is 72.8 Å². The first kappa shape index (κ1) is 24.5. The first-order valence-electron chi connectivity index (χ1n) is 12.1. The van der Waals surface area contributed by atoms with Crippen LogP contribution in [0.5, 0.6) is 0 Å². The number of ether oxygens (including phenoxy) is 2. The summed E-state index contributed by atoms with van der Waals surface area (Å²) in [6.07, 6.45) is -0.457. The van der Waals surface area contributed by atoms with Crippen molar-refractivity contribution in [1.29, 1.82) is 0 Å². The van der Waals surface area contributed by atoms with Crippen molar-refractivity contribution in [2.24, 2.45) is 5.92 Å². The van der Waals surface area contributed by atoms with Crippen molar-refractivity contribution >= 4 is 12.1 Å². The van der Waals surface area contributed by atoms with Gasteiger partial charge >= 0.3 is 12.1 Å². The van der Waals surface area contributed by atoms with E-state index in [0.29, 0.717) is 5.56 Å². The number of fused-ring (bicyclic) bond motifs is 3. The number of benzene rings is 3. The predicted octanol–water partition coefficient (Wildman–Crippen LogP) is 6.88. The number of hydrogen-bond acceptors (Lipinski definition) is 4. The molecule has 3 aromatic carbocycles. The molecule has 1 N–H and O–H groups in total. The van der Waals surface area contributed by atoms with Crippen LogP contribution in [0.1, 0.15) is 73.6 Å². The van der Waals surface area contributed by atoms with Crippen LogP contribution in [0, 0.1) is 5.92 Å². The Balaban J connectivity index is 1.43. The highest BCUT2D eigenvalue weighted by molar-refractivity contribution is 5.89. The van der Waals surface area contributed by atoms with Crippen LogP contribution in [-0.4, -0.2) is 24.3 Å². The van der Waals surface area contributed by atoms with Gasteiger partial charge in [0, 0.05) is 5.92 Å². The first-order valence-corrected chi connectivity index (χ1v) is 12.1. The maximum atomic E-state index is 12.8. The number of amides is 1. The smallest absolute Gasteiger partial charge is 0.407 e. The van der Waals surface area contributed by atoms with Crippen molar-refractivity contribution in [3.05, 3.63) is 95.1 Å². The quantitative estimate of drug-likeness (QED) is 0.398. The zero-order valence-corrected chi connectivity index (χ0v) is 21.0. The van der Waals surface area contributed by atoms with Gasteiger partial charge in [0.05, 0.1) is 11.6 Å². The number of rotatable bonds is 6. The van der Waals surface area contributed by atoms with Crippen LogP contribution in [0.2, 0.25) is 0 Å². The van der Waals surface area contributed by atoms with E-state index in [1.807, 2.05) is 71.0 Å². The van der Waals surface area contributed by atoms with E-state index in [9.17, 15) is 9.59 Å². The Morgan fingerprint density at radius 2 is 1.40 bits per heavy atom. The minimum absolute atomic E-state index is 0.0127. The van der Waals surface area contributed by atoms with Crippen molar-refractivity contribution in [1.82, 2.24) is 5.32 Å².